The van der Waals surface area contributed by atoms with Gasteiger partial charge < -0.3 is 19.5 Å². The first-order chi connectivity index (χ1) is 12.6. The number of imidazole rings is 1. The van der Waals surface area contributed by atoms with Crippen LogP contribution in [0.1, 0.15) is 24.2 Å². The zero-order valence-electron chi connectivity index (χ0n) is 15.4. The smallest absolute Gasteiger partial charge is 0.227 e. The van der Waals surface area contributed by atoms with Gasteiger partial charge in [-0.2, -0.15) is 0 Å². The van der Waals surface area contributed by atoms with Gasteiger partial charge in [0.2, 0.25) is 11.8 Å². The van der Waals surface area contributed by atoms with Gasteiger partial charge in [0.05, 0.1) is 31.0 Å². The third kappa shape index (κ3) is 3.31. The number of fused-ring (bicyclic) bond motifs is 1. The molecular formula is C19H25N5O2. The number of aromatic nitrogens is 3. The van der Waals surface area contributed by atoms with Crippen molar-refractivity contribution >= 4 is 5.91 Å². The van der Waals surface area contributed by atoms with Gasteiger partial charge in [-0.1, -0.05) is 0 Å². The van der Waals surface area contributed by atoms with Crippen molar-refractivity contribution in [3.8, 4) is 17.3 Å². The Morgan fingerprint density at radius 1 is 1.35 bits per heavy atom. The molecule has 0 aromatic carbocycles. The van der Waals surface area contributed by atoms with Gasteiger partial charge in [-0.15, -0.1) is 0 Å². The second kappa shape index (κ2) is 7.07. The minimum Gasteiger partial charge on any atom is -0.481 e. The minimum atomic E-state index is 0.128. The van der Waals surface area contributed by atoms with Crippen molar-refractivity contribution in [2.45, 2.75) is 25.8 Å². The summed E-state index contributed by atoms with van der Waals surface area (Å²) in [6.45, 7) is 3.32. The molecule has 1 saturated heterocycles. The second-order valence-corrected chi connectivity index (χ2v) is 7.21. The van der Waals surface area contributed by atoms with Crippen LogP contribution in [0.3, 0.4) is 0 Å². The zero-order valence-corrected chi connectivity index (χ0v) is 15.4. The molecule has 1 amide bonds. The third-order valence-electron chi connectivity index (χ3n) is 5.34. The number of hydrogen-bond donors (Lipinski definition) is 1. The quantitative estimate of drug-likeness (QED) is 0.907. The highest BCUT2D eigenvalue weighted by molar-refractivity contribution is 5.79. The fraction of sp³-hybridized carbons (Fsp3) is 0.526. The lowest BCUT2D eigenvalue weighted by Gasteiger charge is -2.34. The number of ether oxygens (including phenoxy) is 1. The molecule has 0 aliphatic carbocycles. The van der Waals surface area contributed by atoms with Gasteiger partial charge in [0.25, 0.3) is 0 Å². The van der Waals surface area contributed by atoms with Crippen LogP contribution in [0.25, 0.3) is 11.4 Å². The molecule has 1 atom stereocenters. The number of hydrogen-bond acceptors (Lipinski definition) is 5. The molecule has 7 heteroatoms. The molecule has 0 saturated carbocycles. The number of carbonyl (C=O) groups is 1. The Balaban J connectivity index is 1.48. The second-order valence-electron chi connectivity index (χ2n) is 7.21. The molecule has 1 N–H and O–H groups in total. The fourth-order valence-corrected chi connectivity index (χ4v) is 3.89. The first-order valence-electron chi connectivity index (χ1n) is 9.19. The third-order valence-corrected chi connectivity index (χ3v) is 5.34. The number of piperidine rings is 1. The summed E-state index contributed by atoms with van der Waals surface area (Å²) in [6.07, 6.45) is 4.65. The van der Waals surface area contributed by atoms with Gasteiger partial charge >= 0.3 is 0 Å². The van der Waals surface area contributed by atoms with Crippen LogP contribution in [-0.4, -0.2) is 64.5 Å². The van der Waals surface area contributed by atoms with Crippen molar-refractivity contribution in [1.29, 1.82) is 0 Å². The Morgan fingerprint density at radius 3 is 2.96 bits per heavy atom. The van der Waals surface area contributed by atoms with Gasteiger partial charge in [0.15, 0.2) is 0 Å². The molecule has 4 rings (SSSR count). The fourth-order valence-electron chi connectivity index (χ4n) is 3.89. The van der Waals surface area contributed by atoms with Crippen molar-refractivity contribution in [1.82, 2.24) is 24.8 Å². The predicted molar refractivity (Wildman–Crippen MR) is 97.7 cm³/mol. The summed E-state index contributed by atoms with van der Waals surface area (Å²) in [5, 5.41) is 0. The highest BCUT2D eigenvalue weighted by Gasteiger charge is 2.31. The molecule has 0 spiro atoms. The largest absolute Gasteiger partial charge is 0.481 e. The van der Waals surface area contributed by atoms with Crippen molar-refractivity contribution in [3.05, 3.63) is 29.7 Å². The summed E-state index contributed by atoms with van der Waals surface area (Å²) in [5.74, 6) is 1.80. The van der Waals surface area contributed by atoms with Crippen molar-refractivity contribution in [2.24, 2.45) is 5.92 Å². The lowest BCUT2D eigenvalue weighted by atomic mass is 9.96. The Bertz CT molecular complexity index is 786. The zero-order chi connectivity index (χ0) is 18.1. The molecule has 2 aromatic heterocycles. The van der Waals surface area contributed by atoms with Gasteiger partial charge in [-0.3, -0.25) is 4.79 Å². The number of H-pyrrole nitrogens is 1. The first kappa shape index (κ1) is 17.0. The topological polar surface area (TPSA) is 74.3 Å². The lowest BCUT2D eigenvalue weighted by molar-refractivity contribution is -0.138. The highest BCUT2D eigenvalue weighted by atomic mass is 16.5. The average Bonchev–Trinajstić information content (AvgIpc) is 3.10. The summed E-state index contributed by atoms with van der Waals surface area (Å²) in [5.41, 5.74) is 3.02. The number of methoxy groups -OCH3 is 1. The summed E-state index contributed by atoms with van der Waals surface area (Å²) in [7, 11) is 3.70. The Labute approximate surface area is 153 Å². The van der Waals surface area contributed by atoms with E-state index in [4.69, 9.17) is 9.72 Å². The number of amides is 1. The number of aromatic amines is 1. The summed E-state index contributed by atoms with van der Waals surface area (Å²) in [4.78, 5) is 29.5. The van der Waals surface area contributed by atoms with Crippen molar-refractivity contribution < 1.29 is 9.53 Å². The Morgan fingerprint density at radius 2 is 2.23 bits per heavy atom. The maximum atomic E-state index is 12.9. The molecule has 0 radical (unpaired) electrons. The normalized spacial score (nSPS) is 20.7. The minimum absolute atomic E-state index is 0.128. The van der Waals surface area contributed by atoms with Crippen molar-refractivity contribution in [2.75, 3.05) is 33.8 Å². The number of carbonyl (C=O) groups excluding carboxylic acids is 1. The molecule has 138 valence electrons. The SMILES string of the molecule is COc1ccc(-c2nc3c([nH]2)CN(C(=O)[C@@H]2CCCN(C)C2)CC3)cn1. The first-order valence-corrected chi connectivity index (χ1v) is 9.19. The number of nitrogens with zero attached hydrogens (tertiary/aromatic N) is 4. The predicted octanol–water partition coefficient (Wildman–Crippen LogP) is 1.71. The molecule has 2 aromatic rings. The number of nitrogens with one attached hydrogen (secondary N) is 1. The molecule has 2 aliphatic heterocycles. The molecule has 26 heavy (non-hydrogen) atoms. The molecule has 0 unspecified atom stereocenters. The van der Waals surface area contributed by atoms with Crippen LogP contribution in [0.4, 0.5) is 0 Å². The standard InChI is InChI=1S/C19H25N5O2/c1-23-8-3-4-14(11-23)19(25)24-9-7-15-16(12-24)22-18(21-15)13-5-6-17(26-2)20-10-13/h5-6,10,14H,3-4,7-9,11-12H2,1-2H3,(H,21,22)/t14-/m1/s1. The van der Waals surface area contributed by atoms with E-state index in [2.05, 4.69) is 21.9 Å². The van der Waals surface area contributed by atoms with Gasteiger partial charge in [0, 0.05) is 37.3 Å². The average molecular weight is 355 g/mol. The number of pyridine rings is 1. The van der Waals surface area contributed by atoms with Crippen LogP contribution in [0.2, 0.25) is 0 Å². The van der Waals surface area contributed by atoms with E-state index in [9.17, 15) is 4.79 Å². The Hall–Kier alpha value is -2.41. The molecule has 2 aliphatic rings. The summed E-state index contributed by atoms with van der Waals surface area (Å²) >= 11 is 0. The van der Waals surface area contributed by atoms with E-state index < -0.39 is 0 Å². The van der Waals surface area contributed by atoms with Crippen LogP contribution in [0.15, 0.2) is 18.3 Å². The number of rotatable bonds is 3. The van der Waals surface area contributed by atoms with E-state index in [1.54, 1.807) is 13.3 Å². The Kier molecular flexibility index (Phi) is 4.63. The molecular weight excluding hydrogens is 330 g/mol. The lowest BCUT2D eigenvalue weighted by Crippen LogP contribution is -2.45. The van der Waals surface area contributed by atoms with Crippen LogP contribution in [-0.2, 0) is 17.8 Å². The van der Waals surface area contributed by atoms with E-state index in [0.29, 0.717) is 12.4 Å². The van der Waals surface area contributed by atoms with Crippen LogP contribution < -0.4 is 4.74 Å². The summed E-state index contributed by atoms with van der Waals surface area (Å²) in [6, 6.07) is 3.77. The van der Waals surface area contributed by atoms with Crippen molar-refractivity contribution in [3.63, 3.8) is 0 Å². The number of likely N-dealkylation sites (tertiary alicyclic amines) is 1. The van der Waals surface area contributed by atoms with E-state index in [1.165, 1.54) is 0 Å². The highest BCUT2D eigenvalue weighted by Crippen LogP contribution is 2.25. The van der Waals surface area contributed by atoms with E-state index in [1.807, 2.05) is 17.0 Å². The van der Waals surface area contributed by atoms with Crippen LogP contribution in [0.5, 0.6) is 5.88 Å². The molecule has 7 nitrogen and oxygen atoms in total. The van der Waals surface area contributed by atoms with Gasteiger partial charge in [0.1, 0.15) is 5.82 Å². The molecule has 4 heterocycles. The maximum Gasteiger partial charge on any atom is 0.227 e. The van der Waals surface area contributed by atoms with Gasteiger partial charge in [-0.25, -0.2) is 9.97 Å². The monoisotopic (exact) mass is 355 g/mol. The van der Waals surface area contributed by atoms with E-state index >= 15 is 0 Å². The van der Waals surface area contributed by atoms with Crippen LogP contribution in [0, 0.1) is 5.92 Å². The summed E-state index contributed by atoms with van der Waals surface area (Å²) < 4.78 is 5.10. The van der Waals surface area contributed by atoms with E-state index in [-0.39, 0.29) is 11.8 Å². The maximum absolute atomic E-state index is 12.9. The molecule has 0 bridgehead atoms. The van der Waals surface area contributed by atoms with Crippen LogP contribution >= 0.6 is 0 Å². The van der Waals surface area contributed by atoms with E-state index in [0.717, 1.165) is 61.7 Å². The van der Waals surface area contributed by atoms with Gasteiger partial charge in [-0.05, 0) is 32.5 Å². The molecule has 1 fully saturated rings.